The summed E-state index contributed by atoms with van der Waals surface area (Å²) in [6.45, 7) is 0.958. The quantitative estimate of drug-likeness (QED) is 0.388. The van der Waals surface area contributed by atoms with Crippen LogP contribution in [0, 0.1) is 11.3 Å². The molecule has 0 aromatic carbocycles. The third-order valence-electron chi connectivity index (χ3n) is 3.60. The molecule has 0 aliphatic rings. The number of anilines is 1. The highest BCUT2D eigenvalue weighted by Gasteiger charge is 2.19. The van der Waals surface area contributed by atoms with Gasteiger partial charge in [-0.3, -0.25) is 0 Å². The number of fused-ring (bicyclic) bond motifs is 1. The molecule has 0 aliphatic heterocycles. The van der Waals surface area contributed by atoms with E-state index in [2.05, 4.69) is 32.3 Å². The van der Waals surface area contributed by atoms with Gasteiger partial charge in [0.15, 0.2) is 5.58 Å². The van der Waals surface area contributed by atoms with Crippen molar-refractivity contribution in [1.29, 1.82) is 5.26 Å². The Morgan fingerprint density at radius 3 is 3.12 bits per heavy atom. The fraction of sp³-hybridized carbons (Fsp3) is 0.294. The molecule has 3 N–H and O–H groups in total. The molecule has 0 radical (unpaired) electrons. The summed E-state index contributed by atoms with van der Waals surface area (Å²) in [5, 5.41) is 14.3. The summed E-state index contributed by atoms with van der Waals surface area (Å²) < 4.78 is 11.9. The van der Waals surface area contributed by atoms with Crippen LogP contribution in [0.3, 0.4) is 0 Å². The molecule has 0 amide bonds. The average Bonchev–Trinajstić information content (AvgIpc) is 3.23. The van der Waals surface area contributed by atoms with Gasteiger partial charge in [0, 0.05) is 30.0 Å². The fourth-order valence-electron chi connectivity index (χ4n) is 2.47. The zero-order valence-corrected chi connectivity index (χ0v) is 16.8. The van der Waals surface area contributed by atoms with E-state index in [-0.39, 0.29) is 19.3 Å². The summed E-state index contributed by atoms with van der Waals surface area (Å²) in [5.41, 5.74) is 8.09. The van der Waals surface area contributed by atoms with Gasteiger partial charge in [0.1, 0.15) is 23.0 Å². The molecule has 136 valence electrons. The molecule has 3 heterocycles. The number of thiophene rings is 1. The Bertz CT molecular complexity index is 923. The van der Waals surface area contributed by atoms with E-state index in [0.29, 0.717) is 35.0 Å². The largest absolute Gasteiger partial charge is 0.456 e. The third kappa shape index (κ3) is 4.55. The molecule has 0 aliphatic carbocycles. The number of halogens is 2. The van der Waals surface area contributed by atoms with Gasteiger partial charge >= 0.3 is 0 Å². The number of nitrogens with one attached hydrogen (secondary N) is 1. The van der Waals surface area contributed by atoms with Crippen molar-refractivity contribution in [2.24, 2.45) is 5.73 Å². The Balaban J connectivity index is 1.82. The van der Waals surface area contributed by atoms with Gasteiger partial charge < -0.3 is 20.2 Å². The second kappa shape index (κ2) is 8.84. The number of nitrogens with zero attached hydrogens (tertiary/aromatic N) is 2. The highest BCUT2D eigenvalue weighted by molar-refractivity contribution is 9.10. The average molecular weight is 456 g/mol. The maximum Gasteiger partial charge on any atom is 0.177 e. The zero-order chi connectivity index (χ0) is 18.5. The maximum absolute atomic E-state index is 8.52. The Morgan fingerprint density at radius 1 is 1.54 bits per heavy atom. The third-order valence-corrected chi connectivity index (χ3v) is 5.49. The number of aromatic nitrogens is 1. The van der Waals surface area contributed by atoms with Gasteiger partial charge in [-0.05, 0) is 27.4 Å². The number of hydrogen-bond donors (Lipinski definition) is 2. The highest BCUT2D eigenvalue weighted by Crippen LogP contribution is 2.36. The molecule has 0 fully saturated rings. The van der Waals surface area contributed by atoms with E-state index in [1.807, 2.05) is 17.5 Å². The van der Waals surface area contributed by atoms with Crippen molar-refractivity contribution in [1.82, 2.24) is 4.98 Å². The van der Waals surface area contributed by atoms with Crippen molar-refractivity contribution in [2.75, 3.05) is 18.5 Å². The van der Waals surface area contributed by atoms with Crippen LogP contribution in [0.5, 0.6) is 0 Å². The van der Waals surface area contributed by atoms with Crippen LogP contribution in [-0.4, -0.2) is 24.2 Å². The van der Waals surface area contributed by atoms with Gasteiger partial charge in [-0.25, -0.2) is 4.98 Å². The van der Waals surface area contributed by atoms with Crippen LogP contribution in [0.25, 0.3) is 11.1 Å². The molecule has 26 heavy (non-hydrogen) atoms. The first-order chi connectivity index (χ1) is 12.6. The molecule has 3 rings (SSSR count). The molecule has 0 saturated carbocycles. The summed E-state index contributed by atoms with van der Waals surface area (Å²) in [5.74, 6) is 0.669. The topological polar surface area (TPSA) is 97.1 Å². The van der Waals surface area contributed by atoms with Crippen LogP contribution >= 0.6 is 38.9 Å². The molecule has 1 atom stereocenters. The second-order valence-electron chi connectivity index (χ2n) is 5.58. The van der Waals surface area contributed by atoms with Gasteiger partial charge in [-0.15, -0.1) is 11.3 Å². The molecule has 0 saturated heterocycles. The first-order valence-electron chi connectivity index (χ1n) is 7.82. The van der Waals surface area contributed by atoms with Crippen LogP contribution in [0.1, 0.15) is 10.6 Å². The van der Waals surface area contributed by atoms with E-state index in [9.17, 15) is 0 Å². The predicted octanol–water partition coefficient (Wildman–Crippen LogP) is 4.33. The summed E-state index contributed by atoms with van der Waals surface area (Å²) in [6, 6.07) is 7.43. The van der Waals surface area contributed by atoms with Gasteiger partial charge in [0.25, 0.3) is 0 Å². The summed E-state index contributed by atoms with van der Waals surface area (Å²) >= 11 is 11.4. The van der Waals surface area contributed by atoms with E-state index in [0.717, 1.165) is 10.2 Å². The van der Waals surface area contributed by atoms with Gasteiger partial charge in [-0.2, -0.15) is 5.26 Å². The lowest BCUT2D eigenvalue weighted by Crippen LogP contribution is -2.28. The minimum Gasteiger partial charge on any atom is -0.456 e. The van der Waals surface area contributed by atoms with Crippen molar-refractivity contribution < 1.29 is 9.15 Å². The Kier molecular flexibility index (Phi) is 6.51. The Morgan fingerprint density at radius 2 is 2.38 bits per heavy atom. The molecule has 3 aromatic rings. The summed E-state index contributed by atoms with van der Waals surface area (Å²) in [7, 11) is 0. The molecular formula is C17H16BrClN4O2S. The second-order valence-corrected chi connectivity index (χ2v) is 7.79. The molecule has 3 aromatic heterocycles. The summed E-state index contributed by atoms with van der Waals surface area (Å²) in [6.07, 6.45) is 0.449. The smallest absolute Gasteiger partial charge is 0.177 e. The molecular weight excluding hydrogens is 440 g/mol. The maximum atomic E-state index is 8.52. The SMILES string of the molecule is N#CCOC[C@H](N)Cc1oc2c(NCc3cccs3)cc(Cl)nc2c1Br. The van der Waals surface area contributed by atoms with Crippen LogP contribution in [-0.2, 0) is 17.7 Å². The first kappa shape index (κ1) is 19.1. The summed E-state index contributed by atoms with van der Waals surface area (Å²) in [4.78, 5) is 5.56. The minimum absolute atomic E-state index is 0.0168. The monoisotopic (exact) mass is 454 g/mol. The van der Waals surface area contributed by atoms with E-state index in [1.54, 1.807) is 17.4 Å². The standard InChI is InChI=1S/C17H16BrClN4O2S/c18-15-13(6-10(21)9-24-4-3-20)25-17-12(7-14(19)23-16(15)17)22-8-11-2-1-5-26-11/h1-2,5,7,10H,4,6,8-9,21H2,(H,22,23)/t10-/m1/s1. The van der Waals surface area contributed by atoms with E-state index in [4.69, 9.17) is 31.8 Å². The molecule has 0 spiro atoms. The minimum atomic E-state index is -0.293. The van der Waals surface area contributed by atoms with Gasteiger partial charge in [0.05, 0.1) is 22.8 Å². The van der Waals surface area contributed by atoms with Crippen molar-refractivity contribution >= 4 is 55.7 Å². The number of nitriles is 1. The van der Waals surface area contributed by atoms with Crippen LogP contribution in [0.2, 0.25) is 5.15 Å². The van der Waals surface area contributed by atoms with E-state index < -0.39 is 0 Å². The predicted molar refractivity (Wildman–Crippen MR) is 106 cm³/mol. The Labute approximate surface area is 168 Å². The lowest BCUT2D eigenvalue weighted by Gasteiger charge is -2.09. The zero-order valence-electron chi connectivity index (χ0n) is 13.7. The number of pyridine rings is 1. The first-order valence-corrected chi connectivity index (χ1v) is 9.87. The number of nitrogens with two attached hydrogens (primary N) is 1. The van der Waals surface area contributed by atoms with Crippen LogP contribution in [0.15, 0.2) is 32.5 Å². The molecule has 0 unspecified atom stereocenters. The molecule has 6 nitrogen and oxygen atoms in total. The van der Waals surface area contributed by atoms with Crippen molar-refractivity contribution in [3.05, 3.63) is 43.8 Å². The normalized spacial score (nSPS) is 12.2. The van der Waals surface area contributed by atoms with Crippen molar-refractivity contribution in [3.8, 4) is 6.07 Å². The van der Waals surface area contributed by atoms with E-state index >= 15 is 0 Å². The number of hydrogen-bond acceptors (Lipinski definition) is 7. The highest BCUT2D eigenvalue weighted by atomic mass is 79.9. The number of rotatable bonds is 8. The fourth-order valence-corrected chi connectivity index (χ4v) is 3.82. The lowest BCUT2D eigenvalue weighted by molar-refractivity contribution is 0.148. The van der Waals surface area contributed by atoms with Crippen LogP contribution in [0.4, 0.5) is 5.69 Å². The van der Waals surface area contributed by atoms with Gasteiger partial charge in [-0.1, -0.05) is 17.7 Å². The van der Waals surface area contributed by atoms with E-state index in [1.165, 1.54) is 4.88 Å². The molecule has 0 bridgehead atoms. The lowest BCUT2D eigenvalue weighted by atomic mass is 10.2. The molecule has 9 heteroatoms. The van der Waals surface area contributed by atoms with Crippen LogP contribution < -0.4 is 11.1 Å². The van der Waals surface area contributed by atoms with Crippen molar-refractivity contribution in [2.45, 2.75) is 19.0 Å². The number of ether oxygens (including phenoxy) is 1. The Hall–Kier alpha value is -1.63. The van der Waals surface area contributed by atoms with Crippen molar-refractivity contribution in [3.63, 3.8) is 0 Å². The number of furan rings is 1. The van der Waals surface area contributed by atoms with Gasteiger partial charge in [0.2, 0.25) is 0 Å².